The normalized spacial score (nSPS) is 11.8. The molecule has 1 rings (SSSR count). The molecule has 2 nitrogen and oxygen atoms in total. The molecule has 0 radical (unpaired) electrons. The molecule has 1 aromatic carbocycles. The van der Waals surface area contributed by atoms with Crippen molar-refractivity contribution in [3.05, 3.63) is 35.4 Å². The molecule has 0 aromatic heterocycles. The Bertz CT molecular complexity index is 367. The molecule has 0 bridgehead atoms. The molecule has 0 saturated carbocycles. The van der Waals surface area contributed by atoms with Crippen LogP contribution in [0.4, 0.5) is 0 Å². The Balaban J connectivity index is 3.03. The summed E-state index contributed by atoms with van der Waals surface area (Å²) in [6.07, 6.45) is 0. The SMILES string of the molecule is CC(C(=O)Cl)c1cccc(C#N)c1. The molecule has 1 aromatic rings. The molecule has 1 atom stereocenters. The van der Waals surface area contributed by atoms with E-state index in [1.807, 2.05) is 6.07 Å². The number of halogens is 1. The Labute approximate surface area is 81.7 Å². The fourth-order valence-corrected chi connectivity index (χ4v) is 1.13. The van der Waals surface area contributed by atoms with Crippen molar-refractivity contribution < 1.29 is 4.79 Å². The number of nitrogens with zero attached hydrogens (tertiary/aromatic N) is 1. The minimum absolute atomic E-state index is 0.352. The van der Waals surface area contributed by atoms with Gasteiger partial charge in [-0.1, -0.05) is 19.1 Å². The van der Waals surface area contributed by atoms with Gasteiger partial charge in [-0.05, 0) is 29.3 Å². The molecule has 0 spiro atoms. The van der Waals surface area contributed by atoms with E-state index >= 15 is 0 Å². The van der Waals surface area contributed by atoms with E-state index in [-0.39, 0.29) is 5.92 Å². The van der Waals surface area contributed by atoms with Gasteiger partial charge in [0.15, 0.2) is 0 Å². The van der Waals surface area contributed by atoms with E-state index in [1.54, 1.807) is 31.2 Å². The monoisotopic (exact) mass is 193 g/mol. The largest absolute Gasteiger partial charge is 0.281 e. The van der Waals surface area contributed by atoms with Crippen LogP contribution in [0.2, 0.25) is 0 Å². The van der Waals surface area contributed by atoms with Crippen LogP contribution in [0.1, 0.15) is 24.0 Å². The maximum absolute atomic E-state index is 10.8. The second kappa shape index (κ2) is 4.06. The Hall–Kier alpha value is -1.33. The van der Waals surface area contributed by atoms with Crippen LogP contribution in [-0.2, 0) is 4.79 Å². The van der Waals surface area contributed by atoms with Gasteiger partial charge >= 0.3 is 0 Å². The maximum atomic E-state index is 10.8. The molecular weight excluding hydrogens is 186 g/mol. The van der Waals surface area contributed by atoms with Gasteiger partial charge in [0.2, 0.25) is 5.24 Å². The number of nitriles is 1. The number of carbonyl (C=O) groups is 1. The first-order chi connectivity index (χ1) is 6.15. The van der Waals surface area contributed by atoms with Crippen molar-refractivity contribution in [2.45, 2.75) is 12.8 Å². The van der Waals surface area contributed by atoms with Crippen LogP contribution < -0.4 is 0 Å². The highest BCUT2D eigenvalue weighted by atomic mass is 35.5. The van der Waals surface area contributed by atoms with E-state index in [1.165, 1.54) is 0 Å². The average Bonchev–Trinajstić information content (AvgIpc) is 2.16. The predicted molar refractivity (Wildman–Crippen MR) is 50.4 cm³/mol. The highest BCUT2D eigenvalue weighted by Gasteiger charge is 2.12. The van der Waals surface area contributed by atoms with E-state index in [4.69, 9.17) is 16.9 Å². The van der Waals surface area contributed by atoms with E-state index in [0.29, 0.717) is 5.56 Å². The third-order valence-corrected chi connectivity index (χ3v) is 2.18. The lowest BCUT2D eigenvalue weighted by molar-refractivity contribution is -0.112. The number of rotatable bonds is 2. The molecule has 0 aliphatic carbocycles. The molecule has 1 unspecified atom stereocenters. The zero-order valence-electron chi connectivity index (χ0n) is 7.12. The fourth-order valence-electron chi connectivity index (χ4n) is 1.01. The summed E-state index contributed by atoms with van der Waals surface area (Å²) in [6.45, 7) is 1.71. The molecular formula is C10H8ClNO. The van der Waals surface area contributed by atoms with Crippen molar-refractivity contribution in [3.8, 4) is 6.07 Å². The Morgan fingerprint density at radius 2 is 2.31 bits per heavy atom. The Kier molecular flexibility index (Phi) is 3.05. The van der Waals surface area contributed by atoms with Crippen LogP contribution in [0, 0.1) is 11.3 Å². The van der Waals surface area contributed by atoms with Gasteiger partial charge in [-0.3, -0.25) is 4.79 Å². The molecule has 0 aliphatic heterocycles. The van der Waals surface area contributed by atoms with Gasteiger partial charge in [-0.15, -0.1) is 0 Å². The minimum atomic E-state index is -0.407. The summed E-state index contributed by atoms with van der Waals surface area (Å²) in [5, 5.41) is 8.21. The molecule has 0 saturated heterocycles. The highest BCUT2D eigenvalue weighted by Crippen LogP contribution is 2.18. The van der Waals surface area contributed by atoms with E-state index in [0.717, 1.165) is 5.56 Å². The lowest BCUT2D eigenvalue weighted by atomic mass is 10.0. The van der Waals surface area contributed by atoms with Crippen molar-refractivity contribution in [1.29, 1.82) is 5.26 Å². The van der Waals surface area contributed by atoms with Gasteiger partial charge in [-0.25, -0.2) is 0 Å². The van der Waals surface area contributed by atoms with Crippen molar-refractivity contribution >= 4 is 16.8 Å². The van der Waals surface area contributed by atoms with Crippen LogP contribution in [0.5, 0.6) is 0 Å². The van der Waals surface area contributed by atoms with Gasteiger partial charge in [0.05, 0.1) is 17.6 Å². The van der Waals surface area contributed by atoms with E-state index < -0.39 is 5.24 Å². The molecule has 0 amide bonds. The van der Waals surface area contributed by atoms with Gasteiger partial charge < -0.3 is 0 Å². The van der Waals surface area contributed by atoms with E-state index in [9.17, 15) is 4.79 Å². The molecule has 0 fully saturated rings. The second-order valence-corrected chi connectivity index (χ2v) is 3.14. The summed E-state index contributed by atoms with van der Waals surface area (Å²) in [4.78, 5) is 10.8. The molecule has 0 heterocycles. The van der Waals surface area contributed by atoms with Gasteiger partial charge in [0.1, 0.15) is 0 Å². The average molecular weight is 194 g/mol. The minimum Gasteiger partial charge on any atom is -0.281 e. The topological polar surface area (TPSA) is 40.9 Å². The number of hydrogen-bond donors (Lipinski definition) is 0. The lowest BCUT2D eigenvalue weighted by Gasteiger charge is -2.05. The summed E-state index contributed by atoms with van der Waals surface area (Å²) in [5.41, 5.74) is 1.32. The molecule has 0 N–H and O–H groups in total. The Morgan fingerprint density at radius 1 is 1.62 bits per heavy atom. The fraction of sp³-hybridized carbons (Fsp3) is 0.200. The molecule has 0 aliphatic rings. The number of carbonyl (C=O) groups excluding carboxylic acids is 1. The zero-order chi connectivity index (χ0) is 9.84. The van der Waals surface area contributed by atoms with Crippen LogP contribution in [-0.4, -0.2) is 5.24 Å². The predicted octanol–water partition coefficient (Wildman–Crippen LogP) is 2.43. The van der Waals surface area contributed by atoms with Crippen molar-refractivity contribution in [2.24, 2.45) is 0 Å². The van der Waals surface area contributed by atoms with Crippen molar-refractivity contribution in [2.75, 3.05) is 0 Å². The third-order valence-electron chi connectivity index (χ3n) is 1.86. The zero-order valence-corrected chi connectivity index (χ0v) is 7.88. The molecule has 13 heavy (non-hydrogen) atoms. The first kappa shape index (κ1) is 9.76. The molecule has 3 heteroatoms. The quantitative estimate of drug-likeness (QED) is 0.677. The van der Waals surface area contributed by atoms with Crippen LogP contribution in [0.15, 0.2) is 24.3 Å². The lowest BCUT2D eigenvalue weighted by Crippen LogP contribution is -2.01. The third kappa shape index (κ3) is 2.30. The smallest absolute Gasteiger partial charge is 0.228 e. The standard InChI is InChI=1S/C10H8ClNO/c1-7(10(11)13)9-4-2-3-8(5-9)6-12/h2-5,7H,1H3. The second-order valence-electron chi connectivity index (χ2n) is 2.76. The van der Waals surface area contributed by atoms with Gasteiger partial charge in [0.25, 0.3) is 0 Å². The van der Waals surface area contributed by atoms with Crippen molar-refractivity contribution in [1.82, 2.24) is 0 Å². The van der Waals surface area contributed by atoms with E-state index in [2.05, 4.69) is 0 Å². The maximum Gasteiger partial charge on any atom is 0.228 e. The summed E-state index contributed by atoms with van der Waals surface area (Å²) in [7, 11) is 0. The number of benzene rings is 1. The summed E-state index contributed by atoms with van der Waals surface area (Å²) < 4.78 is 0. The van der Waals surface area contributed by atoms with Crippen LogP contribution in [0.3, 0.4) is 0 Å². The van der Waals surface area contributed by atoms with Crippen molar-refractivity contribution in [3.63, 3.8) is 0 Å². The summed E-state index contributed by atoms with van der Waals surface area (Å²) in [6, 6.07) is 8.89. The van der Waals surface area contributed by atoms with Gasteiger partial charge in [-0.2, -0.15) is 5.26 Å². The Morgan fingerprint density at radius 3 is 2.85 bits per heavy atom. The summed E-state index contributed by atoms with van der Waals surface area (Å²) >= 11 is 5.34. The first-order valence-corrected chi connectivity index (χ1v) is 4.22. The van der Waals surface area contributed by atoms with Gasteiger partial charge in [0, 0.05) is 0 Å². The first-order valence-electron chi connectivity index (χ1n) is 3.84. The number of hydrogen-bond acceptors (Lipinski definition) is 2. The highest BCUT2D eigenvalue weighted by molar-refractivity contribution is 6.64. The summed E-state index contributed by atoms with van der Waals surface area (Å²) in [5.74, 6) is -0.352. The molecule has 66 valence electrons. The van der Waals surface area contributed by atoms with Crippen LogP contribution in [0.25, 0.3) is 0 Å². The van der Waals surface area contributed by atoms with Crippen LogP contribution >= 0.6 is 11.6 Å².